The molecule has 92 valence electrons. The van der Waals surface area contributed by atoms with Gasteiger partial charge in [0.1, 0.15) is 0 Å². The highest BCUT2D eigenvalue weighted by Crippen LogP contribution is 2.25. The molecular formula is C13H18N3O-. The summed E-state index contributed by atoms with van der Waals surface area (Å²) in [6, 6.07) is 7.70. The van der Waals surface area contributed by atoms with E-state index in [4.69, 9.17) is 0 Å². The molecule has 1 aromatic heterocycles. The normalized spacial score (nSPS) is 12.0. The quantitative estimate of drug-likeness (QED) is 0.796. The molecule has 2 aromatic rings. The zero-order valence-corrected chi connectivity index (χ0v) is 10.4. The third kappa shape index (κ3) is 2.28. The van der Waals surface area contributed by atoms with Gasteiger partial charge in [0.05, 0.1) is 0 Å². The van der Waals surface area contributed by atoms with E-state index in [1.54, 1.807) is 0 Å². The Bertz CT molecular complexity index is 504. The zero-order chi connectivity index (χ0) is 12.5. The molecule has 0 aliphatic heterocycles. The number of fused-ring (bicyclic) bond motifs is 1. The Morgan fingerprint density at radius 3 is 2.82 bits per heavy atom. The van der Waals surface area contributed by atoms with E-state index in [1.165, 1.54) is 0 Å². The fourth-order valence-corrected chi connectivity index (χ4v) is 2.02. The molecular weight excluding hydrogens is 214 g/mol. The van der Waals surface area contributed by atoms with Crippen molar-refractivity contribution in [3.8, 4) is 0 Å². The van der Waals surface area contributed by atoms with Gasteiger partial charge in [-0.05, 0) is 44.5 Å². The molecule has 1 aromatic carbocycles. The number of nitrogens with zero attached hydrogens (tertiary/aromatic N) is 1. The molecule has 0 fully saturated rings. The Labute approximate surface area is 101 Å². The van der Waals surface area contributed by atoms with Gasteiger partial charge in [-0.2, -0.15) is 0 Å². The molecule has 0 saturated carbocycles. The lowest BCUT2D eigenvalue weighted by atomic mass is 10.0. The maximum atomic E-state index is 12.3. The minimum atomic E-state index is -0.463. The highest BCUT2D eigenvalue weighted by Gasteiger charge is 2.19. The number of benzene rings is 1. The molecule has 1 heterocycles. The molecule has 4 heteroatoms. The van der Waals surface area contributed by atoms with Gasteiger partial charge in [-0.1, -0.05) is 6.07 Å². The van der Waals surface area contributed by atoms with E-state index in [0.29, 0.717) is 12.2 Å². The van der Waals surface area contributed by atoms with Crippen LogP contribution in [0.3, 0.4) is 0 Å². The van der Waals surface area contributed by atoms with Gasteiger partial charge in [-0.3, -0.25) is 0 Å². The standard InChI is InChI=1S/C13H18N3O/c1-13(2,9-14-3)16(17)11-5-4-10-6-7-15-12(10)8-11/h4-8,14-15H,9H2,1-3H3/q-1. The van der Waals surface area contributed by atoms with Crippen molar-refractivity contribution < 1.29 is 0 Å². The predicted octanol–water partition coefficient (Wildman–Crippen LogP) is 2.47. The van der Waals surface area contributed by atoms with Gasteiger partial charge >= 0.3 is 0 Å². The summed E-state index contributed by atoms with van der Waals surface area (Å²) in [4.78, 5) is 3.12. The predicted molar refractivity (Wildman–Crippen MR) is 72.2 cm³/mol. The van der Waals surface area contributed by atoms with Gasteiger partial charge in [-0.25, -0.2) is 0 Å². The molecule has 4 nitrogen and oxygen atoms in total. The minimum absolute atomic E-state index is 0.463. The summed E-state index contributed by atoms with van der Waals surface area (Å²) in [6.07, 6.45) is 1.88. The van der Waals surface area contributed by atoms with Crippen LogP contribution in [0.5, 0.6) is 0 Å². The molecule has 0 unspecified atom stereocenters. The van der Waals surface area contributed by atoms with Gasteiger partial charge in [-0.15, -0.1) is 0 Å². The van der Waals surface area contributed by atoms with Crippen molar-refractivity contribution in [2.75, 3.05) is 18.7 Å². The Kier molecular flexibility index (Phi) is 3.09. The van der Waals surface area contributed by atoms with E-state index >= 15 is 0 Å². The van der Waals surface area contributed by atoms with E-state index in [1.807, 2.05) is 51.4 Å². The number of hydrogen-bond donors (Lipinski definition) is 2. The first kappa shape index (κ1) is 12.0. The number of anilines is 1. The zero-order valence-electron chi connectivity index (χ0n) is 10.4. The third-order valence-electron chi connectivity index (χ3n) is 2.93. The van der Waals surface area contributed by atoms with Crippen LogP contribution < -0.4 is 10.4 Å². The summed E-state index contributed by atoms with van der Waals surface area (Å²) in [5.74, 6) is 0. The van der Waals surface area contributed by atoms with Crippen LogP contribution in [0, 0.1) is 5.21 Å². The summed E-state index contributed by atoms with van der Waals surface area (Å²) in [5, 5.41) is 17.5. The fraction of sp³-hybridized carbons (Fsp3) is 0.385. The van der Waals surface area contributed by atoms with E-state index in [9.17, 15) is 5.21 Å². The van der Waals surface area contributed by atoms with Gasteiger partial charge in [0, 0.05) is 29.5 Å². The van der Waals surface area contributed by atoms with E-state index < -0.39 is 5.54 Å². The van der Waals surface area contributed by atoms with Crippen LogP contribution in [0.4, 0.5) is 5.69 Å². The Morgan fingerprint density at radius 1 is 1.35 bits per heavy atom. The van der Waals surface area contributed by atoms with E-state index in [0.717, 1.165) is 16.0 Å². The topological polar surface area (TPSA) is 54.1 Å². The fourth-order valence-electron chi connectivity index (χ4n) is 2.02. The van der Waals surface area contributed by atoms with Crippen LogP contribution in [-0.4, -0.2) is 24.1 Å². The molecule has 0 radical (unpaired) electrons. The second-order valence-corrected chi connectivity index (χ2v) is 4.89. The van der Waals surface area contributed by atoms with Crippen molar-refractivity contribution in [3.63, 3.8) is 0 Å². The number of aromatic amines is 1. The van der Waals surface area contributed by atoms with E-state index in [2.05, 4.69) is 10.3 Å². The first-order valence-electron chi connectivity index (χ1n) is 5.74. The largest absolute Gasteiger partial charge is 0.758 e. The van der Waals surface area contributed by atoms with E-state index in [-0.39, 0.29) is 0 Å². The lowest BCUT2D eigenvalue weighted by Gasteiger charge is -2.46. The molecule has 2 N–H and O–H groups in total. The Hall–Kier alpha value is -1.52. The molecule has 0 aliphatic rings. The van der Waals surface area contributed by atoms with Crippen LogP contribution in [0.25, 0.3) is 10.9 Å². The second kappa shape index (κ2) is 4.39. The summed E-state index contributed by atoms with van der Waals surface area (Å²) in [6.45, 7) is 4.49. The van der Waals surface area contributed by atoms with Gasteiger partial charge in [0.2, 0.25) is 0 Å². The summed E-state index contributed by atoms with van der Waals surface area (Å²) in [7, 11) is 1.85. The second-order valence-electron chi connectivity index (χ2n) is 4.89. The number of nitrogens with one attached hydrogen (secondary N) is 2. The SMILES string of the molecule is CNCC(C)(C)N([O-])c1ccc2cc[nH]c2c1. The Morgan fingerprint density at radius 2 is 2.12 bits per heavy atom. The molecule has 0 spiro atoms. The van der Waals surface area contributed by atoms with Crippen LogP contribution >= 0.6 is 0 Å². The molecule has 2 rings (SSSR count). The van der Waals surface area contributed by atoms with Gasteiger partial charge in [0.15, 0.2) is 0 Å². The van der Waals surface area contributed by atoms with Crippen molar-refractivity contribution in [2.45, 2.75) is 19.4 Å². The summed E-state index contributed by atoms with van der Waals surface area (Å²) < 4.78 is 0. The summed E-state index contributed by atoms with van der Waals surface area (Å²) in [5.41, 5.74) is 1.21. The van der Waals surface area contributed by atoms with Crippen molar-refractivity contribution in [2.24, 2.45) is 0 Å². The molecule has 0 aliphatic carbocycles. The molecule has 0 bridgehead atoms. The number of rotatable bonds is 4. The van der Waals surface area contributed by atoms with Crippen molar-refractivity contribution >= 4 is 16.6 Å². The smallest absolute Gasteiger partial charge is 0.0474 e. The van der Waals surface area contributed by atoms with Crippen molar-refractivity contribution in [1.29, 1.82) is 0 Å². The number of hydrogen-bond acceptors (Lipinski definition) is 3. The van der Waals surface area contributed by atoms with Crippen molar-refractivity contribution in [1.82, 2.24) is 10.3 Å². The lowest BCUT2D eigenvalue weighted by molar-refractivity contribution is 0.476. The highest BCUT2D eigenvalue weighted by atomic mass is 16.5. The summed E-state index contributed by atoms with van der Waals surface area (Å²) >= 11 is 0. The first-order valence-corrected chi connectivity index (χ1v) is 5.74. The maximum absolute atomic E-state index is 12.3. The number of aromatic nitrogens is 1. The Balaban J connectivity index is 2.32. The van der Waals surface area contributed by atoms with Gasteiger partial charge in [0.25, 0.3) is 0 Å². The molecule has 0 atom stereocenters. The number of likely N-dealkylation sites (N-methyl/N-ethyl adjacent to an activating group) is 1. The van der Waals surface area contributed by atoms with Gasteiger partial charge < -0.3 is 20.6 Å². The van der Waals surface area contributed by atoms with Crippen LogP contribution in [0.1, 0.15) is 13.8 Å². The monoisotopic (exact) mass is 232 g/mol. The van der Waals surface area contributed by atoms with Crippen LogP contribution in [-0.2, 0) is 0 Å². The average Bonchev–Trinajstić information content (AvgIpc) is 2.74. The van der Waals surface area contributed by atoms with Crippen molar-refractivity contribution in [3.05, 3.63) is 35.7 Å². The minimum Gasteiger partial charge on any atom is -0.758 e. The third-order valence-corrected chi connectivity index (χ3v) is 2.93. The molecule has 17 heavy (non-hydrogen) atoms. The first-order chi connectivity index (χ1) is 8.04. The number of H-pyrrole nitrogens is 1. The van der Waals surface area contributed by atoms with Crippen LogP contribution in [0.2, 0.25) is 0 Å². The lowest BCUT2D eigenvalue weighted by Crippen LogP contribution is -2.47. The molecule has 0 saturated heterocycles. The average molecular weight is 232 g/mol. The highest BCUT2D eigenvalue weighted by molar-refractivity contribution is 5.83. The maximum Gasteiger partial charge on any atom is 0.0474 e. The molecule has 0 amide bonds. The number of hydroxylamine groups is 1. The van der Waals surface area contributed by atoms with Crippen LogP contribution in [0.15, 0.2) is 30.5 Å².